The van der Waals surface area contributed by atoms with Crippen molar-refractivity contribution < 1.29 is 0 Å². The number of benzene rings is 1. The summed E-state index contributed by atoms with van der Waals surface area (Å²) in [4.78, 5) is 5.51. The standard InChI is InChI=1S/C15H17ClN2S/c1-9-6-10(2)18-15(7-9)19-14-5-4-12(11(3)17)8-13(14)16/h4-8,11H,17H2,1-3H3. The highest BCUT2D eigenvalue weighted by Crippen LogP contribution is 2.34. The zero-order valence-corrected chi connectivity index (χ0v) is 12.8. The average molecular weight is 293 g/mol. The molecule has 2 nitrogen and oxygen atoms in total. The minimum Gasteiger partial charge on any atom is -0.324 e. The van der Waals surface area contributed by atoms with Crippen molar-refractivity contribution in [1.82, 2.24) is 4.98 Å². The van der Waals surface area contributed by atoms with E-state index in [1.54, 1.807) is 11.8 Å². The normalized spacial score (nSPS) is 12.5. The van der Waals surface area contributed by atoms with Crippen LogP contribution in [0.3, 0.4) is 0 Å². The number of hydrogen-bond donors (Lipinski definition) is 1. The van der Waals surface area contributed by atoms with Gasteiger partial charge < -0.3 is 5.73 Å². The molecule has 2 N–H and O–H groups in total. The molecule has 0 saturated carbocycles. The summed E-state index contributed by atoms with van der Waals surface area (Å²) in [5.74, 6) is 0. The Morgan fingerprint density at radius 1 is 1.21 bits per heavy atom. The summed E-state index contributed by atoms with van der Waals surface area (Å²) in [5.41, 5.74) is 9.12. The molecule has 0 spiro atoms. The maximum Gasteiger partial charge on any atom is 0.101 e. The number of halogens is 1. The van der Waals surface area contributed by atoms with E-state index >= 15 is 0 Å². The van der Waals surface area contributed by atoms with Crippen LogP contribution in [-0.4, -0.2) is 4.98 Å². The molecule has 0 aliphatic rings. The highest BCUT2D eigenvalue weighted by molar-refractivity contribution is 7.99. The molecule has 1 atom stereocenters. The van der Waals surface area contributed by atoms with Gasteiger partial charge in [-0.1, -0.05) is 29.4 Å². The number of nitrogens with zero attached hydrogens (tertiary/aromatic N) is 1. The van der Waals surface area contributed by atoms with Gasteiger partial charge in [-0.05, 0) is 56.2 Å². The molecule has 0 bridgehead atoms. The van der Waals surface area contributed by atoms with Gasteiger partial charge in [0.05, 0.1) is 5.02 Å². The summed E-state index contributed by atoms with van der Waals surface area (Å²) in [6.45, 7) is 6.02. The van der Waals surface area contributed by atoms with Gasteiger partial charge in [0.2, 0.25) is 0 Å². The Balaban J connectivity index is 2.28. The molecule has 0 aliphatic carbocycles. The Kier molecular flexibility index (Phi) is 4.50. The topological polar surface area (TPSA) is 38.9 Å². The zero-order chi connectivity index (χ0) is 14.0. The third-order valence-corrected chi connectivity index (χ3v) is 4.19. The molecule has 0 amide bonds. The summed E-state index contributed by atoms with van der Waals surface area (Å²) < 4.78 is 0. The highest BCUT2D eigenvalue weighted by Gasteiger charge is 2.08. The molecule has 1 unspecified atom stereocenters. The van der Waals surface area contributed by atoms with E-state index in [1.165, 1.54) is 5.56 Å². The Morgan fingerprint density at radius 2 is 1.95 bits per heavy atom. The van der Waals surface area contributed by atoms with E-state index in [2.05, 4.69) is 24.0 Å². The van der Waals surface area contributed by atoms with E-state index in [0.29, 0.717) is 0 Å². The minimum absolute atomic E-state index is 0.00381. The molecular weight excluding hydrogens is 276 g/mol. The third kappa shape index (κ3) is 3.72. The Labute approximate surface area is 123 Å². The van der Waals surface area contributed by atoms with Gasteiger partial charge in [0.15, 0.2) is 0 Å². The lowest BCUT2D eigenvalue weighted by atomic mass is 10.1. The SMILES string of the molecule is Cc1cc(C)nc(Sc2ccc(C(C)N)cc2Cl)c1. The van der Waals surface area contributed by atoms with Gasteiger partial charge in [-0.3, -0.25) is 0 Å². The van der Waals surface area contributed by atoms with Crippen molar-refractivity contribution in [1.29, 1.82) is 0 Å². The lowest BCUT2D eigenvalue weighted by Crippen LogP contribution is -2.04. The number of pyridine rings is 1. The molecule has 100 valence electrons. The van der Waals surface area contributed by atoms with Crippen molar-refractivity contribution in [3.63, 3.8) is 0 Å². The smallest absolute Gasteiger partial charge is 0.101 e. The molecule has 0 aliphatic heterocycles. The van der Waals surface area contributed by atoms with Gasteiger partial charge >= 0.3 is 0 Å². The first-order valence-electron chi connectivity index (χ1n) is 6.14. The zero-order valence-electron chi connectivity index (χ0n) is 11.3. The molecule has 1 heterocycles. The lowest BCUT2D eigenvalue weighted by molar-refractivity contribution is 0.817. The second-order valence-corrected chi connectivity index (χ2v) is 6.17. The van der Waals surface area contributed by atoms with Gasteiger partial charge in [0.25, 0.3) is 0 Å². The van der Waals surface area contributed by atoms with E-state index in [4.69, 9.17) is 17.3 Å². The van der Waals surface area contributed by atoms with Gasteiger partial charge in [-0.25, -0.2) is 4.98 Å². The fourth-order valence-corrected chi connectivity index (χ4v) is 3.11. The van der Waals surface area contributed by atoms with Crippen LogP contribution in [0.1, 0.15) is 29.8 Å². The van der Waals surface area contributed by atoms with Crippen molar-refractivity contribution in [3.8, 4) is 0 Å². The molecule has 19 heavy (non-hydrogen) atoms. The van der Waals surface area contributed by atoms with Gasteiger partial charge in [0.1, 0.15) is 5.03 Å². The van der Waals surface area contributed by atoms with Crippen LogP contribution >= 0.6 is 23.4 Å². The van der Waals surface area contributed by atoms with Crippen molar-refractivity contribution >= 4 is 23.4 Å². The van der Waals surface area contributed by atoms with Crippen LogP contribution in [0.2, 0.25) is 5.02 Å². The molecular formula is C15H17ClN2S. The lowest BCUT2D eigenvalue weighted by Gasteiger charge is -2.09. The van der Waals surface area contributed by atoms with Gasteiger partial charge in [0, 0.05) is 16.6 Å². The molecule has 0 radical (unpaired) electrons. The Hall–Kier alpha value is -1.03. The van der Waals surface area contributed by atoms with Crippen LogP contribution < -0.4 is 5.73 Å². The minimum atomic E-state index is -0.00381. The number of aromatic nitrogens is 1. The number of hydrogen-bond acceptors (Lipinski definition) is 3. The molecule has 2 aromatic rings. The van der Waals surface area contributed by atoms with Crippen LogP contribution in [0, 0.1) is 13.8 Å². The summed E-state index contributed by atoms with van der Waals surface area (Å²) in [7, 11) is 0. The van der Waals surface area contributed by atoms with Crippen LogP contribution in [0.15, 0.2) is 40.3 Å². The van der Waals surface area contributed by atoms with E-state index in [1.807, 2.05) is 32.0 Å². The van der Waals surface area contributed by atoms with Crippen LogP contribution in [-0.2, 0) is 0 Å². The molecule has 0 saturated heterocycles. The van der Waals surface area contributed by atoms with Gasteiger partial charge in [-0.2, -0.15) is 0 Å². The van der Waals surface area contributed by atoms with Crippen molar-refractivity contribution in [2.45, 2.75) is 36.7 Å². The second-order valence-electron chi connectivity index (χ2n) is 4.70. The third-order valence-electron chi connectivity index (χ3n) is 2.77. The number of aryl methyl sites for hydroxylation is 2. The second kappa shape index (κ2) is 5.95. The van der Waals surface area contributed by atoms with Gasteiger partial charge in [-0.15, -0.1) is 0 Å². The highest BCUT2D eigenvalue weighted by atomic mass is 35.5. The van der Waals surface area contributed by atoms with E-state index in [9.17, 15) is 0 Å². The van der Waals surface area contributed by atoms with Crippen molar-refractivity contribution in [2.24, 2.45) is 5.73 Å². The summed E-state index contributed by atoms with van der Waals surface area (Å²) in [6.07, 6.45) is 0. The van der Waals surface area contributed by atoms with Crippen molar-refractivity contribution in [2.75, 3.05) is 0 Å². The number of nitrogens with two attached hydrogens (primary N) is 1. The Morgan fingerprint density at radius 3 is 2.53 bits per heavy atom. The fourth-order valence-electron chi connectivity index (χ4n) is 1.85. The molecule has 4 heteroatoms. The maximum atomic E-state index is 6.30. The van der Waals surface area contributed by atoms with E-state index in [0.717, 1.165) is 26.2 Å². The van der Waals surface area contributed by atoms with Crippen LogP contribution in [0.25, 0.3) is 0 Å². The summed E-state index contributed by atoms with van der Waals surface area (Å²) in [6, 6.07) is 10.1. The first-order valence-corrected chi connectivity index (χ1v) is 7.33. The van der Waals surface area contributed by atoms with E-state index in [-0.39, 0.29) is 6.04 Å². The van der Waals surface area contributed by atoms with Crippen LogP contribution in [0.4, 0.5) is 0 Å². The average Bonchev–Trinajstić information content (AvgIpc) is 2.30. The fraction of sp³-hybridized carbons (Fsp3) is 0.267. The summed E-state index contributed by atoms with van der Waals surface area (Å²) >= 11 is 7.88. The summed E-state index contributed by atoms with van der Waals surface area (Å²) in [5, 5.41) is 1.69. The molecule has 0 fully saturated rings. The first kappa shape index (κ1) is 14.4. The molecule has 1 aromatic carbocycles. The number of rotatable bonds is 3. The van der Waals surface area contributed by atoms with E-state index < -0.39 is 0 Å². The first-order chi connectivity index (χ1) is 8.95. The molecule has 1 aromatic heterocycles. The predicted octanol–water partition coefficient (Wildman–Crippen LogP) is 4.52. The largest absolute Gasteiger partial charge is 0.324 e. The van der Waals surface area contributed by atoms with Crippen LogP contribution in [0.5, 0.6) is 0 Å². The predicted molar refractivity (Wildman–Crippen MR) is 81.9 cm³/mol. The Bertz CT molecular complexity index is 576. The quantitative estimate of drug-likeness (QED) is 0.904. The maximum absolute atomic E-state index is 6.30. The molecule has 2 rings (SSSR count). The monoisotopic (exact) mass is 292 g/mol. The van der Waals surface area contributed by atoms with Crippen molar-refractivity contribution in [3.05, 3.63) is 52.2 Å².